The molecule has 29 heavy (non-hydrogen) atoms. The lowest BCUT2D eigenvalue weighted by molar-refractivity contribution is -0.385. The van der Waals surface area contributed by atoms with Crippen LogP contribution in [0.25, 0.3) is 6.08 Å². The Hall–Kier alpha value is -3.72. The summed E-state index contributed by atoms with van der Waals surface area (Å²) < 4.78 is 4.97. The number of carboxylic acid groups (broad SMARTS) is 1. The van der Waals surface area contributed by atoms with Gasteiger partial charge in [-0.15, -0.1) is 0 Å². The van der Waals surface area contributed by atoms with Crippen LogP contribution in [0.15, 0.2) is 47.1 Å². The van der Waals surface area contributed by atoms with Gasteiger partial charge in [0.2, 0.25) is 0 Å². The number of halogens is 1. The molecule has 0 fully saturated rings. The number of rotatable bonds is 5. The van der Waals surface area contributed by atoms with Crippen LogP contribution in [0.1, 0.15) is 22.8 Å². The van der Waals surface area contributed by atoms with Crippen molar-refractivity contribution in [2.24, 2.45) is 5.10 Å². The Morgan fingerprint density at radius 2 is 2.03 bits per heavy atom. The van der Waals surface area contributed by atoms with Gasteiger partial charge in [-0.2, -0.15) is 10.1 Å². The van der Waals surface area contributed by atoms with Crippen molar-refractivity contribution < 1.29 is 24.4 Å². The number of amides is 1. The van der Waals surface area contributed by atoms with Gasteiger partial charge in [0.05, 0.1) is 39.6 Å². The summed E-state index contributed by atoms with van der Waals surface area (Å²) in [6.07, 6.45) is 1.47. The molecular formula is C19H14ClN3O6. The maximum absolute atomic E-state index is 12.8. The summed E-state index contributed by atoms with van der Waals surface area (Å²) in [4.78, 5) is 34.7. The lowest BCUT2D eigenvalue weighted by Gasteiger charge is -2.13. The molecule has 148 valence electrons. The fourth-order valence-electron chi connectivity index (χ4n) is 2.77. The van der Waals surface area contributed by atoms with E-state index in [0.29, 0.717) is 11.3 Å². The smallest absolute Gasteiger partial charge is 0.337 e. The molecule has 0 unspecified atom stereocenters. The Morgan fingerprint density at radius 1 is 1.31 bits per heavy atom. The molecule has 0 radical (unpaired) electrons. The van der Waals surface area contributed by atoms with Crippen molar-refractivity contribution in [3.8, 4) is 5.75 Å². The Labute approximate surface area is 169 Å². The van der Waals surface area contributed by atoms with Crippen molar-refractivity contribution >= 4 is 46.6 Å². The second-order valence-corrected chi connectivity index (χ2v) is 6.43. The number of anilines is 1. The first-order chi connectivity index (χ1) is 13.7. The van der Waals surface area contributed by atoms with Crippen LogP contribution in [0.3, 0.4) is 0 Å². The maximum atomic E-state index is 12.8. The highest BCUT2D eigenvalue weighted by molar-refractivity contribution is 6.34. The molecule has 0 atom stereocenters. The Bertz CT molecular complexity index is 1110. The van der Waals surface area contributed by atoms with Gasteiger partial charge in [-0.05, 0) is 42.8 Å². The molecule has 1 aliphatic heterocycles. The van der Waals surface area contributed by atoms with Gasteiger partial charge in [0.15, 0.2) is 5.75 Å². The minimum atomic E-state index is -1.23. The van der Waals surface area contributed by atoms with Crippen molar-refractivity contribution in [3.05, 3.63) is 68.2 Å². The average Bonchev–Trinajstić information content (AvgIpc) is 2.96. The van der Waals surface area contributed by atoms with Crippen LogP contribution in [-0.4, -0.2) is 34.7 Å². The summed E-state index contributed by atoms with van der Waals surface area (Å²) in [6.45, 7) is 1.61. The first kappa shape index (κ1) is 20.0. The summed E-state index contributed by atoms with van der Waals surface area (Å²) in [5, 5.41) is 25.7. The summed E-state index contributed by atoms with van der Waals surface area (Å²) in [5.41, 5.74) is 0.854. The van der Waals surface area contributed by atoms with E-state index in [1.807, 2.05) is 0 Å². The first-order valence-corrected chi connectivity index (χ1v) is 8.57. The number of nitro groups is 1. The van der Waals surface area contributed by atoms with E-state index in [4.69, 9.17) is 16.3 Å². The predicted molar refractivity (Wildman–Crippen MR) is 107 cm³/mol. The van der Waals surface area contributed by atoms with E-state index in [2.05, 4.69) is 5.10 Å². The minimum Gasteiger partial charge on any atom is -0.490 e. The van der Waals surface area contributed by atoms with Gasteiger partial charge >= 0.3 is 11.7 Å². The molecule has 0 aliphatic carbocycles. The number of hydrogen-bond donors (Lipinski definition) is 1. The third kappa shape index (κ3) is 3.81. The fourth-order valence-corrected chi connectivity index (χ4v) is 2.97. The number of ether oxygens (including phenoxy) is 1. The molecule has 1 amide bonds. The lowest BCUT2D eigenvalue weighted by Crippen LogP contribution is -2.21. The van der Waals surface area contributed by atoms with Crippen LogP contribution in [0.4, 0.5) is 11.4 Å². The number of nitrogens with zero attached hydrogens (tertiary/aromatic N) is 3. The summed E-state index contributed by atoms with van der Waals surface area (Å²) >= 11 is 5.87. The van der Waals surface area contributed by atoms with Crippen LogP contribution in [-0.2, 0) is 4.79 Å². The van der Waals surface area contributed by atoms with Crippen LogP contribution in [0, 0.1) is 10.1 Å². The number of methoxy groups -OCH3 is 1. The monoisotopic (exact) mass is 415 g/mol. The van der Waals surface area contributed by atoms with Gasteiger partial charge in [0.25, 0.3) is 5.91 Å². The zero-order valence-electron chi connectivity index (χ0n) is 15.2. The van der Waals surface area contributed by atoms with E-state index in [1.165, 1.54) is 43.5 Å². The fraction of sp³-hybridized carbons (Fsp3) is 0.105. The molecule has 0 saturated carbocycles. The molecule has 0 saturated heterocycles. The molecule has 9 nitrogen and oxygen atoms in total. The number of carboxylic acids is 1. The highest BCUT2D eigenvalue weighted by Crippen LogP contribution is 2.31. The largest absolute Gasteiger partial charge is 0.490 e. The van der Waals surface area contributed by atoms with Gasteiger partial charge < -0.3 is 9.84 Å². The summed E-state index contributed by atoms with van der Waals surface area (Å²) in [7, 11) is 1.33. The first-order valence-electron chi connectivity index (χ1n) is 8.20. The van der Waals surface area contributed by atoms with E-state index >= 15 is 0 Å². The highest BCUT2D eigenvalue weighted by Gasteiger charge is 2.29. The topological polar surface area (TPSA) is 122 Å². The number of aromatic carboxylic acids is 1. The van der Waals surface area contributed by atoms with Gasteiger partial charge in [-0.25, -0.2) is 4.79 Å². The van der Waals surface area contributed by atoms with Crippen molar-refractivity contribution in [2.75, 3.05) is 12.1 Å². The number of benzene rings is 2. The third-order valence-electron chi connectivity index (χ3n) is 4.20. The number of nitro benzene ring substituents is 1. The summed E-state index contributed by atoms with van der Waals surface area (Å²) in [6, 6.07) is 8.40. The molecule has 0 spiro atoms. The molecule has 1 aliphatic rings. The van der Waals surface area contributed by atoms with Gasteiger partial charge in [-0.3, -0.25) is 14.9 Å². The van der Waals surface area contributed by atoms with E-state index in [1.54, 1.807) is 13.0 Å². The Balaban J connectivity index is 1.99. The maximum Gasteiger partial charge on any atom is 0.337 e. The highest BCUT2D eigenvalue weighted by atomic mass is 35.5. The van der Waals surface area contributed by atoms with Crippen molar-refractivity contribution in [3.63, 3.8) is 0 Å². The van der Waals surface area contributed by atoms with Crippen LogP contribution >= 0.6 is 11.6 Å². The SMILES string of the molecule is COc1ccc(C=C2C(=O)N(c3ccc(Cl)c(C(=O)O)c3)N=C2C)cc1[N+](=O)[O-]. The van der Waals surface area contributed by atoms with E-state index in [9.17, 15) is 24.8 Å². The molecular weight excluding hydrogens is 402 g/mol. The van der Waals surface area contributed by atoms with Gasteiger partial charge in [0.1, 0.15) is 0 Å². The van der Waals surface area contributed by atoms with E-state index in [0.717, 1.165) is 5.01 Å². The predicted octanol–water partition coefficient (Wildman–Crippen LogP) is 3.76. The van der Waals surface area contributed by atoms with Crippen molar-refractivity contribution in [2.45, 2.75) is 6.92 Å². The quantitative estimate of drug-likeness (QED) is 0.450. The lowest BCUT2D eigenvalue weighted by atomic mass is 10.1. The van der Waals surface area contributed by atoms with Crippen LogP contribution in [0.2, 0.25) is 5.02 Å². The van der Waals surface area contributed by atoms with Crippen LogP contribution in [0.5, 0.6) is 5.75 Å². The molecule has 1 N–H and O–H groups in total. The normalized spacial score (nSPS) is 14.9. The number of hydrazone groups is 1. The van der Waals surface area contributed by atoms with E-state index in [-0.39, 0.29) is 33.3 Å². The molecule has 3 rings (SSSR count). The van der Waals surface area contributed by atoms with Crippen LogP contribution < -0.4 is 9.75 Å². The third-order valence-corrected chi connectivity index (χ3v) is 4.53. The molecule has 0 bridgehead atoms. The van der Waals surface area contributed by atoms with E-state index < -0.39 is 16.8 Å². The zero-order valence-corrected chi connectivity index (χ0v) is 16.0. The Kier molecular flexibility index (Phi) is 5.33. The summed E-state index contributed by atoms with van der Waals surface area (Å²) in [5.74, 6) is -1.63. The number of carbonyl (C=O) groups is 2. The zero-order chi connectivity index (χ0) is 21.3. The van der Waals surface area contributed by atoms with Crippen molar-refractivity contribution in [1.29, 1.82) is 0 Å². The molecule has 2 aromatic rings. The second-order valence-electron chi connectivity index (χ2n) is 6.02. The molecule has 2 aromatic carbocycles. The van der Waals surface area contributed by atoms with Gasteiger partial charge in [0, 0.05) is 6.07 Å². The van der Waals surface area contributed by atoms with Crippen molar-refractivity contribution in [1.82, 2.24) is 0 Å². The number of hydrogen-bond acceptors (Lipinski definition) is 6. The Morgan fingerprint density at radius 3 is 2.66 bits per heavy atom. The molecule has 1 heterocycles. The molecule has 0 aromatic heterocycles. The number of carbonyl (C=O) groups excluding carboxylic acids is 1. The minimum absolute atomic E-state index is 0.0369. The average molecular weight is 416 g/mol. The van der Waals surface area contributed by atoms with Gasteiger partial charge in [-0.1, -0.05) is 17.7 Å². The second kappa shape index (κ2) is 7.72. The molecule has 10 heteroatoms. The standard InChI is InChI=1S/C19H14ClN3O6/c1-10-13(7-11-3-6-17(29-2)16(8-11)23(27)28)18(24)22(21-10)12-4-5-15(20)14(9-12)19(25)26/h3-9H,1-2H3,(H,25,26).